The Morgan fingerprint density at radius 1 is 1.11 bits per heavy atom. The molecule has 3 aromatic rings. The maximum Gasteiger partial charge on any atom is 0.243 e. The molecule has 0 saturated carbocycles. The van der Waals surface area contributed by atoms with Gasteiger partial charge >= 0.3 is 0 Å². The van der Waals surface area contributed by atoms with E-state index in [1.807, 2.05) is 43.3 Å². The highest BCUT2D eigenvalue weighted by Crippen LogP contribution is 2.33. The van der Waals surface area contributed by atoms with E-state index in [0.29, 0.717) is 12.8 Å². The molecule has 5 heteroatoms. The zero-order valence-electron chi connectivity index (χ0n) is 15.6. The van der Waals surface area contributed by atoms with E-state index in [2.05, 4.69) is 24.0 Å². The highest BCUT2D eigenvalue weighted by Gasteiger charge is 2.34. The molecule has 1 aliphatic rings. The summed E-state index contributed by atoms with van der Waals surface area (Å²) in [6, 6.07) is 15.7. The van der Waals surface area contributed by atoms with E-state index in [1.54, 1.807) is 11.2 Å². The summed E-state index contributed by atoms with van der Waals surface area (Å²) in [6.45, 7) is 4.07. The van der Waals surface area contributed by atoms with Gasteiger partial charge in [0.25, 0.3) is 0 Å². The Bertz CT molecular complexity index is 1030. The quantitative estimate of drug-likeness (QED) is 0.694. The van der Waals surface area contributed by atoms with Crippen LogP contribution in [0.4, 0.5) is 0 Å². The van der Waals surface area contributed by atoms with Crippen molar-refractivity contribution in [3.8, 4) is 0 Å². The van der Waals surface area contributed by atoms with Gasteiger partial charge in [-0.3, -0.25) is 9.78 Å². The summed E-state index contributed by atoms with van der Waals surface area (Å²) in [6.07, 6.45) is 3.69. The van der Waals surface area contributed by atoms with Crippen LogP contribution in [0.3, 0.4) is 0 Å². The van der Waals surface area contributed by atoms with Gasteiger partial charge < -0.3 is 0 Å². The number of rotatable bonds is 4. The topological polar surface area (TPSA) is 58.5 Å². The van der Waals surface area contributed by atoms with Crippen LogP contribution >= 0.6 is 0 Å². The van der Waals surface area contributed by atoms with Crippen LogP contribution in [-0.2, 0) is 4.79 Å². The van der Waals surface area contributed by atoms with Crippen molar-refractivity contribution in [2.75, 3.05) is 0 Å². The number of hydrogen-bond donors (Lipinski definition) is 0. The first-order valence-electron chi connectivity index (χ1n) is 9.34. The summed E-state index contributed by atoms with van der Waals surface area (Å²) in [4.78, 5) is 22.0. The Hall–Kier alpha value is -3.08. The van der Waals surface area contributed by atoms with Crippen LogP contribution < -0.4 is 0 Å². The van der Waals surface area contributed by atoms with Crippen molar-refractivity contribution in [2.45, 2.75) is 39.2 Å². The lowest BCUT2D eigenvalue weighted by atomic mass is 9.98. The average Bonchev–Trinajstić information content (AvgIpc) is 3.13. The molecule has 5 nitrogen and oxygen atoms in total. The lowest BCUT2D eigenvalue weighted by molar-refractivity contribution is -0.133. The van der Waals surface area contributed by atoms with Crippen LogP contribution in [0.15, 0.2) is 59.8 Å². The maximum atomic E-state index is 12.7. The van der Waals surface area contributed by atoms with Crippen molar-refractivity contribution in [2.24, 2.45) is 5.10 Å². The molecule has 0 aliphatic carbocycles. The SMILES string of the molecule is CCCC(=O)N1N=C(c2ccccc2C)C[C@@H]1c1cnc2ccccc2n1. The first kappa shape index (κ1) is 17.3. The van der Waals surface area contributed by atoms with Gasteiger partial charge in [0, 0.05) is 18.4 Å². The minimum atomic E-state index is -0.212. The van der Waals surface area contributed by atoms with E-state index in [-0.39, 0.29) is 11.9 Å². The number of aromatic nitrogens is 2. The molecule has 2 aromatic carbocycles. The van der Waals surface area contributed by atoms with Gasteiger partial charge in [0.2, 0.25) is 5.91 Å². The minimum absolute atomic E-state index is 0.0287. The summed E-state index contributed by atoms with van der Waals surface area (Å²) in [5.74, 6) is 0.0287. The zero-order chi connectivity index (χ0) is 18.8. The summed E-state index contributed by atoms with van der Waals surface area (Å²) < 4.78 is 0. The number of hydrogen-bond acceptors (Lipinski definition) is 4. The van der Waals surface area contributed by atoms with E-state index in [4.69, 9.17) is 10.1 Å². The first-order chi connectivity index (χ1) is 13.2. The van der Waals surface area contributed by atoms with Crippen molar-refractivity contribution in [3.05, 3.63) is 71.5 Å². The molecule has 1 amide bonds. The molecule has 0 radical (unpaired) electrons. The Morgan fingerprint density at radius 3 is 2.63 bits per heavy atom. The van der Waals surface area contributed by atoms with Crippen LogP contribution in [0, 0.1) is 6.92 Å². The third-order valence-corrected chi connectivity index (χ3v) is 4.89. The molecule has 2 heterocycles. The average molecular weight is 358 g/mol. The molecule has 0 N–H and O–H groups in total. The van der Waals surface area contributed by atoms with Gasteiger partial charge in [-0.1, -0.05) is 43.3 Å². The third-order valence-electron chi connectivity index (χ3n) is 4.89. The Morgan fingerprint density at radius 2 is 1.85 bits per heavy atom. The van der Waals surface area contributed by atoms with E-state index in [9.17, 15) is 4.79 Å². The smallest absolute Gasteiger partial charge is 0.243 e. The summed E-state index contributed by atoms with van der Waals surface area (Å²) in [5, 5.41) is 6.32. The molecule has 4 rings (SSSR count). The molecule has 0 unspecified atom stereocenters. The number of fused-ring (bicyclic) bond motifs is 1. The van der Waals surface area contributed by atoms with E-state index in [1.165, 1.54) is 0 Å². The molecule has 136 valence electrons. The van der Waals surface area contributed by atoms with E-state index in [0.717, 1.165) is 40.0 Å². The number of carbonyl (C=O) groups is 1. The normalized spacial score (nSPS) is 16.6. The number of para-hydroxylation sites is 2. The molecule has 1 atom stereocenters. The Labute approximate surface area is 158 Å². The lowest BCUT2D eigenvalue weighted by Gasteiger charge is -2.21. The monoisotopic (exact) mass is 358 g/mol. The van der Waals surface area contributed by atoms with Gasteiger partial charge in [0.05, 0.1) is 28.6 Å². The first-order valence-corrected chi connectivity index (χ1v) is 9.34. The Kier molecular flexibility index (Phi) is 4.67. The zero-order valence-corrected chi connectivity index (χ0v) is 15.6. The molecule has 0 fully saturated rings. The fraction of sp³-hybridized carbons (Fsp3) is 0.273. The number of nitrogens with zero attached hydrogens (tertiary/aromatic N) is 4. The van der Waals surface area contributed by atoms with Crippen LogP contribution in [0.25, 0.3) is 11.0 Å². The fourth-order valence-corrected chi connectivity index (χ4v) is 3.49. The van der Waals surface area contributed by atoms with Crippen molar-refractivity contribution in [1.29, 1.82) is 0 Å². The van der Waals surface area contributed by atoms with Crippen molar-refractivity contribution >= 4 is 22.7 Å². The second-order valence-corrected chi connectivity index (χ2v) is 6.85. The molecule has 27 heavy (non-hydrogen) atoms. The number of hydrazone groups is 1. The number of carbonyl (C=O) groups excluding carboxylic acids is 1. The third kappa shape index (κ3) is 3.33. The van der Waals surface area contributed by atoms with Crippen molar-refractivity contribution in [1.82, 2.24) is 15.0 Å². The van der Waals surface area contributed by atoms with Crippen molar-refractivity contribution in [3.63, 3.8) is 0 Å². The maximum absolute atomic E-state index is 12.7. The van der Waals surface area contributed by atoms with Gasteiger partial charge in [0.15, 0.2) is 0 Å². The lowest BCUT2D eigenvalue weighted by Crippen LogP contribution is -2.27. The molecule has 0 spiro atoms. The molecule has 0 bridgehead atoms. The summed E-state index contributed by atoms with van der Waals surface area (Å²) in [5.41, 5.74) is 5.64. The Balaban J connectivity index is 1.74. The molecular formula is C22H22N4O. The summed E-state index contributed by atoms with van der Waals surface area (Å²) >= 11 is 0. The summed E-state index contributed by atoms with van der Waals surface area (Å²) in [7, 11) is 0. The molecule has 1 aliphatic heterocycles. The molecule has 0 saturated heterocycles. The van der Waals surface area contributed by atoms with Gasteiger partial charge in [-0.05, 0) is 31.0 Å². The second kappa shape index (κ2) is 7.27. The number of aryl methyl sites for hydroxylation is 1. The predicted octanol–water partition coefficient (Wildman–Crippen LogP) is 4.42. The fourth-order valence-electron chi connectivity index (χ4n) is 3.49. The highest BCUT2D eigenvalue weighted by molar-refractivity contribution is 6.04. The van der Waals surface area contributed by atoms with Crippen LogP contribution in [-0.4, -0.2) is 26.6 Å². The van der Waals surface area contributed by atoms with Gasteiger partial charge in [-0.15, -0.1) is 0 Å². The number of benzene rings is 2. The minimum Gasteiger partial charge on any atom is -0.273 e. The second-order valence-electron chi connectivity index (χ2n) is 6.85. The number of amides is 1. The van der Waals surface area contributed by atoms with Gasteiger partial charge in [-0.25, -0.2) is 9.99 Å². The van der Waals surface area contributed by atoms with Crippen LogP contribution in [0.1, 0.15) is 49.0 Å². The van der Waals surface area contributed by atoms with Crippen LogP contribution in [0.2, 0.25) is 0 Å². The van der Waals surface area contributed by atoms with E-state index < -0.39 is 0 Å². The van der Waals surface area contributed by atoms with Gasteiger partial charge in [-0.2, -0.15) is 5.10 Å². The van der Waals surface area contributed by atoms with Crippen molar-refractivity contribution < 1.29 is 4.79 Å². The van der Waals surface area contributed by atoms with Crippen LogP contribution in [0.5, 0.6) is 0 Å². The van der Waals surface area contributed by atoms with Gasteiger partial charge in [0.1, 0.15) is 6.04 Å². The largest absolute Gasteiger partial charge is 0.273 e. The molecular weight excluding hydrogens is 336 g/mol. The standard InChI is InChI=1S/C22H22N4O/c1-3-8-22(27)26-21(13-19(25-26)16-10-5-4-9-15(16)2)20-14-23-17-11-6-7-12-18(17)24-20/h4-7,9-12,14,21H,3,8,13H2,1-2H3/t21-/m1/s1. The van der Waals surface area contributed by atoms with E-state index >= 15 is 0 Å². The highest BCUT2D eigenvalue weighted by atomic mass is 16.2. The predicted molar refractivity (Wildman–Crippen MR) is 106 cm³/mol. The molecule has 1 aromatic heterocycles.